The van der Waals surface area contributed by atoms with Crippen LogP contribution in [0.1, 0.15) is 15.9 Å². The topological polar surface area (TPSA) is 90.7 Å². The zero-order chi connectivity index (χ0) is 23.1. The Bertz CT molecular complexity index is 1100. The average Bonchev–Trinajstić information content (AvgIpc) is 2.77. The van der Waals surface area contributed by atoms with Crippen molar-refractivity contribution in [2.45, 2.75) is 6.18 Å². The van der Waals surface area contributed by atoms with E-state index in [-0.39, 0.29) is 35.8 Å². The molecule has 10 heteroatoms. The Morgan fingerprint density at radius 2 is 1.69 bits per heavy atom. The first-order chi connectivity index (χ1) is 15.2. The van der Waals surface area contributed by atoms with Gasteiger partial charge in [-0.2, -0.15) is 13.2 Å². The number of alkyl halides is 3. The van der Waals surface area contributed by atoms with Crippen LogP contribution in [0.4, 0.5) is 30.2 Å². The number of hydrogen-bond donors (Lipinski definition) is 1. The molecule has 0 spiro atoms. The van der Waals surface area contributed by atoms with Crippen LogP contribution in [0.15, 0.2) is 72.8 Å². The fourth-order valence-electron chi connectivity index (χ4n) is 2.73. The predicted molar refractivity (Wildman–Crippen MR) is 110 cm³/mol. The van der Waals surface area contributed by atoms with Crippen molar-refractivity contribution >= 4 is 23.0 Å². The van der Waals surface area contributed by atoms with E-state index in [4.69, 9.17) is 9.47 Å². The Balaban J connectivity index is 1.59. The monoisotopic (exact) mass is 446 g/mol. The van der Waals surface area contributed by atoms with Crippen LogP contribution < -0.4 is 10.1 Å². The number of nitrogens with one attached hydrogen (secondary N) is 1. The van der Waals surface area contributed by atoms with Crippen molar-refractivity contribution in [3.05, 3.63) is 94.0 Å². The number of esters is 1. The number of carbonyl (C=O) groups is 1. The summed E-state index contributed by atoms with van der Waals surface area (Å²) < 4.78 is 49.3. The molecule has 0 atom stereocenters. The number of benzene rings is 3. The molecule has 0 aliphatic rings. The van der Waals surface area contributed by atoms with Gasteiger partial charge in [0, 0.05) is 17.8 Å². The zero-order valence-corrected chi connectivity index (χ0v) is 16.5. The Hall–Kier alpha value is -4.08. The van der Waals surface area contributed by atoms with Crippen LogP contribution in [0.5, 0.6) is 5.75 Å². The van der Waals surface area contributed by atoms with Gasteiger partial charge in [-0.15, -0.1) is 0 Å². The molecule has 0 fully saturated rings. The Morgan fingerprint density at radius 3 is 2.38 bits per heavy atom. The lowest BCUT2D eigenvalue weighted by atomic mass is 10.1. The van der Waals surface area contributed by atoms with Gasteiger partial charge in [0.25, 0.3) is 5.69 Å². The van der Waals surface area contributed by atoms with Gasteiger partial charge in [-0.1, -0.05) is 18.2 Å². The van der Waals surface area contributed by atoms with E-state index in [0.717, 1.165) is 12.1 Å². The standard InChI is InChI=1S/C22H17F3N2O5/c23-22(24,25)15-4-3-5-16(14-15)26-20-7-2-1-6-19(20)21(28)32-13-12-31-18-10-8-17(9-11-18)27(29)30/h1-11,14,26H,12-13H2. The van der Waals surface area contributed by atoms with E-state index in [2.05, 4.69) is 5.32 Å². The van der Waals surface area contributed by atoms with Gasteiger partial charge in [0.05, 0.1) is 21.7 Å². The summed E-state index contributed by atoms with van der Waals surface area (Å²) in [6, 6.07) is 16.3. The summed E-state index contributed by atoms with van der Waals surface area (Å²) in [5.41, 5.74) is -0.297. The molecule has 3 aromatic carbocycles. The van der Waals surface area contributed by atoms with Crippen molar-refractivity contribution in [2.75, 3.05) is 18.5 Å². The Labute approximate surface area is 180 Å². The molecule has 0 aliphatic heterocycles. The van der Waals surface area contributed by atoms with Crippen molar-refractivity contribution in [3.63, 3.8) is 0 Å². The third kappa shape index (κ3) is 5.97. The van der Waals surface area contributed by atoms with Crippen LogP contribution >= 0.6 is 0 Å². The van der Waals surface area contributed by atoms with Crippen LogP contribution in [-0.2, 0) is 10.9 Å². The summed E-state index contributed by atoms with van der Waals surface area (Å²) in [5.74, 6) is -0.314. The van der Waals surface area contributed by atoms with E-state index in [1.54, 1.807) is 18.2 Å². The number of non-ortho nitro benzene ring substituents is 1. The normalized spacial score (nSPS) is 11.0. The molecule has 0 saturated heterocycles. The predicted octanol–water partition coefficient (Wildman–Crippen LogP) is 5.59. The summed E-state index contributed by atoms with van der Waals surface area (Å²) in [6.07, 6.45) is -4.49. The highest BCUT2D eigenvalue weighted by molar-refractivity contribution is 5.96. The number of rotatable bonds is 8. The smallest absolute Gasteiger partial charge is 0.416 e. The van der Waals surface area contributed by atoms with Gasteiger partial charge in [0.1, 0.15) is 19.0 Å². The number of halogens is 3. The number of ether oxygens (including phenoxy) is 2. The second kappa shape index (κ2) is 9.82. The number of nitrogens with zero attached hydrogens (tertiary/aromatic N) is 1. The van der Waals surface area contributed by atoms with Gasteiger partial charge >= 0.3 is 12.1 Å². The summed E-state index contributed by atoms with van der Waals surface area (Å²) in [4.78, 5) is 22.5. The maximum Gasteiger partial charge on any atom is 0.416 e. The van der Waals surface area contributed by atoms with Crippen LogP contribution in [0.2, 0.25) is 0 Å². The molecule has 0 aliphatic carbocycles. The van der Waals surface area contributed by atoms with Crippen LogP contribution in [0, 0.1) is 10.1 Å². The lowest BCUT2D eigenvalue weighted by Crippen LogP contribution is -2.13. The number of carbonyl (C=O) groups excluding carboxylic acids is 1. The minimum atomic E-state index is -4.49. The fourth-order valence-corrected chi connectivity index (χ4v) is 2.73. The van der Waals surface area contributed by atoms with Crippen molar-refractivity contribution in [3.8, 4) is 5.75 Å². The molecule has 0 aromatic heterocycles. The van der Waals surface area contributed by atoms with Gasteiger partial charge in [-0.05, 0) is 42.5 Å². The minimum absolute atomic E-state index is 0.00672. The number of nitro benzene ring substituents is 1. The quantitative estimate of drug-likeness (QED) is 0.210. The van der Waals surface area contributed by atoms with Crippen LogP contribution in [0.3, 0.4) is 0 Å². The van der Waals surface area contributed by atoms with E-state index >= 15 is 0 Å². The van der Waals surface area contributed by atoms with Crippen molar-refractivity contribution < 1.29 is 32.4 Å². The molecule has 0 radical (unpaired) electrons. The highest BCUT2D eigenvalue weighted by atomic mass is 19.4. The van der Waals surface area contributed by atoms with Gasteiger partial charge < -0.3 is 14.8 Å². The summed E-state index contributed by atoms with van der Waals surface area (Å²) in [5, 5.41) is 13.4. The Morgan fingerprint density at radius 1 is 0.969 bits per heavy atom. The second-order valence-electron chi connectivity index (χ2n) is 6.48. The highest BCUT2D eigenvalue weighted by Crippen LogP contribution is 2.32. The van der Waals surface area contributed by atoms with Gasteiger partial charge in [-0.3, -0.25) is 10.1 Å². The molecular formula is C22H17F3N2O5. The maximum absolute atomic E-state index is 12.9. The van der Waals surface area contributed by atoms with E-state index in [9.17, 15) is 28.1 Å². The molecule has 0 saturated carbocycles. The zero-order valence-electron chi connectivity index (χ0n) is 16.5. The summed E-state index contributed by atoms with van der Waals surface area (Å²) in [7, 11) is 0. The van der Waals surface area contributed by atoms with E-state index in [1.807, 2.05) is 0 Å². The first-order valence-corrected chi connectivity index (χ1v) is 9.32. The lowest BCUT2D eigenvalue weighted by Gasteiger charge is -2.14. The summed E-state index contributed by atoms with van der Waals surface area (Å²) >= 11 is 0. The first-order valence-electron chi connectivity index (χ1n) is 9.32. The molecule has 0 unspecified atom stereocenters. The van der Waals surface area contributed by atoms with Crippen LogP contribution in [0.25, 0.3) is 0 Å². The molecule has 0 heterocycles. The van der Waals surface area contributed by atoms with Gasteiger partial charge in [0.2, 0.25) is 0 Å². The number of nitro groups is 1. The van der Waals surface area contributed by atoms with E-state index < -0.39 is 22.6 Å². The molecule has 1 N–H and O–H groups in total. The fraction of sp³-hybridized carbons (Fsp3) is 0.136. The molecule has 0 bridgehead atoms. The third-order valence-electron chi connectivity index (χ3n) is 4.25. The van der Waals surface area contributed by atoms with Gasteiger partial charge in [0.15, 0.2) is 0 Å². The molecule has 3 aromatic rings. The largest absolute Gasteiger partial charge is 0.490 e. The Kier molecular flexibility index (Phi) is 6.93. The van der Waals surface area contributed by atoms with Crippen molar-refractivity contribution in [1.82, 2.24) is 0 Å². The van der Waals surface area contributed by atoms with Crippen LogP contribution in [-0.4, -0.2) is 24.1 Å². The number of anilines is 2. The SMILES string of the molecule is O=C(OCCOc1ccc([N+](=O)[O-])cc1)c1ccccc1Nc1cccc(C(F)(F)F)c1. The van der Waals surface area contributed by atoms with Crippen molar-refractivity contribution in [2.24, 2.45) is 0 Å². The van der Waals surface area contributed by atoms with E-state index in [0.29, 0.717) is 5.75 Å². The third-order valence-corrected chi connectivity index (χ3v) is 4.25. The molecule has 0 amide bonds. The van der Waals surface area contributed by atoms with E-state index in [1.165, 1.54) is 42.5 Å². The summed E-state index contributed by atoms with van der Waals surface area (Å²) in [6.45, 7) is -0.0967. The first kappa shape index (κ1) is 22.6. The minimum Gasteiger partial charge on any atom is -0.490 e. The lowest BCUT2D eigenvalue weighted by molar-refractivity contribution is -0.384. The van der Waals surface area contributed by atoms with Crippen molar-refractivity contribution in [1.29, 1.82) is 0 Å². The highest BCUT2D eigenvalue weighted by Gasteiger charge is 2.30. The second-order valence-corrected chi connectivity index (χ2v) is 6.48. The molecule has 166 valence electrons. The maximum atomic E-state index is 12.9. The molecule has 32 heavy (non-hydrogen) atoms. The molecule has 7 nitrogen and oxygen atoms in total. The average molecular weight is 446 g/mol. The number of hydrogen-bond acceptors (Lipinski definition) is 6. The van der Waals surface area contributed by atoms with Gasteiger partial charge in [-0.25, -0.2) is 4.79 Å². The molecule has 3 rings (SSSR count). The molecular weight excluding hydrogens is 429 g/mol. The number of para-hydroxylation sites is 1.